The minimum Gasteiger partial charge on any atom is -0.480 e. The molecule has 2 aromatic rings. The third-order valence-corrected chi connectivity index (χ3v) is 4.62. The van der Waals surface area contributed by atoms with E-state index in [1.165, 1.54) is 30.3 Å². The predicted octanol–water partition coefficient (Wildman–Crippen LogP) is 3.97. The van der Waals surface area contributed by atoms with Gasteiger partial charge in [0.05, 0.1) is 0 Å². The van der Waals surface area contributed by atoms with Gasteiger partial charge in [0.2, 0.25) is 0 Å². The minimum absolute atomic E-state index is 0.0354. The molecule has 2 aromatic carbocycles. The summed E-state index contributed by atoms with van der Waals surface area (Å²) < 4.78 is 14.0. The number of hydrogen-bond donors (Lipinski definition) is 3. The van der Waals surface area contributed by atoms with Gasteiger partial charge in [-0.15, -0.1) is 0 Å². The fourth-order valence-corrected chi connectivity index (χ4v) is 2.87. The number of carboxylic acid groups (broad SMARTS) is 1. The van der Waals surface area contributed by atoms with Crippen molar-refractivity contribution in [3.8, 4) is 0 Å². The van der Waals surface area contributed by atoms with Gasteiger partial charge in [-0.05, 0) is 60.4 Å². The lowest BCUT2D eigenvalue weighted by molar-refractivity contribution is -0.141. The highest BCUT2D eigenvalue weighted by molar-refractivity contribution is 9.10. The van der Waals surface area contributed by atoms with E-state index in [2.05, 4.69) is 26.6 Å². The third-order valence-electron chi connectivity index (χ3n) is 4.09. The Morgan fingerprint density at radius 1 is 1.07 bits per heavy atom. The van der Waals surface area contributed by atoms with Crippen LogP contribution in [0.2, 0.25) is 0 Å². The van der Waals surface area contributed by atoms with Crippen LogP contribution in [0.4, 0.5) is 4.39 Å². The largest absolute Gasteiger partial charge is 0.480 e. The third kappa shape index (κ3) is 7.11. The van der Waals surface area contributed by atoms with Crippen LogP contribution in [0.25, 0.3) is 6.08 Å². The number of carbonyl (C=O) groups is 3. The summed E-state index contributed by atoms with van der Waals surface area (Å²) in [6.07, 6.45) is 1.59. The first-order valence-electron chi connectivity index (χ1n) is 9.23. The van der Waals surface area contributed by atoms with Crippen LogP contribution >= 0.6 is 15.9 Å². The van der Waals surface area contributed by atoms with Crippen LogP contribution in [0.1, 0.15) is 36.2 Å². The van der Waals surface area contributed by atoms with Gasteiger partial charge < -0.3 is 15.7 Å². The molecule has 0 saturated heterocycles. The zero-order valence-corrected chi connectivity index (χ0v) is 18.1. The Labute approximate surface area is 182 Å². The Bertz CT molecular complexity index is 941. The molecule has 0 saturated carbocycles. The molecule has 0 aliphatic carbocycles. The SMILES string of the molecule is CC(C)CC(NC(=O)/C(=C\c1ccc(F)cc1)NC(=O)c1ccc(Br)cc1)C(=O)O. The highest BCUT2D eigenvalue weighted by atomic mass is 79.9. The molecule has 3 N–H and O–H groups in total. The Morgan fingerprint density at radius 3 is 2.20 bits per heavy atom. The van der Waals surface area contributed by atoms with Crippen molar-refractivity contribution in [1.29, 1.82) is 0 Å². The van der Waals surface area contributed by atoms with Crippen molar-refractivity contribution in [3.05, 3.63) is 75.6 Å². The summed E-state index contributed by atoms with van der Waals surface area (Å²) >= 11 is 3.29. The van der Waals surface area contributed by atoms with Crippen LogP contribution in [0.3, 0.4) is 0 Å². The fourth-order valence-electron chi connectivity index (χ4n) is 2.61. The summed E-state index contributed by atoms with van der Waals surface area (Å²) in [7, 11) is 0. The number of hydrogen-bond acceptors (Lipinski definition) is 3. The molecule has 158 valence electrons. The van der Waals surface area contributed by atoms with E-state index in [1.54, 1.807) is 24.3 Å². The Hall–Kier alpha value is -3.00. The monoisotopic (exact) mass is 476 g/mol. The predicted molar refractivity (Wildman–Crippen MR) is 115 cm³/mol. The van der Waals surface area contributed by atoms with E-state index in [0.29, 0.717) is 11.1 Å². The maximum Gasteiger partial charge on any atom is 0.326 e. The van der Waals surface area contributed by atoms with E-state index in [4.69, 9.17) is 0 Å². The average molecular weight is 477 g/mol. The second kappa shape index (κ2) is 10.7. The second-order valence-corrected chi connectivity index (χ2v) is 7.98. The number of carboxylic acids is 1. The lowest BCUT2D eigenvalue weighted by atomic mass is 10.0. The van der Waals surface area contributed by atoms with Crippen molar-refractivity contribution in [2.45, 2.75) is 26.3 Å². The number of aliphatic carboxylic acids is 1. The molecular weight excluding hydrogens is 455 g/mol. The van der Waals surface area contributed by atoms with Gasteiger partial charge in [-0.25, -0.2) is 9.18 Å². The number of carbonyl (C=O) groups excluding carboxylic acids is 2. The van der Waals surface area contributed by atoms with Crippen molar-refractivity contribution >= 4 is 39.8 Å². The first-order chi connectivity index (χ1) is 14.2. The minimum atomic E-state index is -1.17. The molecule has 0 fully saturated rings. The van der Waals surface area contributed by atoms with Crippen molar-refractivity contribution in [2.24, 2.45) is 5.92 Å². The smallest absolute Gasteiger partial charge is 0.326 e. The van der Waals surface area contributed by atoms with Crippen molar-refractivity contribution in [2.75, 3.05) is 0 Å². The molecule has 0 aliphatic rings. The summed E-state index contributed by atoms with van der Waals surface area (Å²) in [4.78, 5) is 36.9. The van der Waals surface area contributed by atoms with Crippen LogP contribution < -0.4 is 10.6 Å². The van der Waals surface area contributed by atoms with Gasteiger partial charge in [0, 0.05) is 10.0 Å². The first kappa shape index (κ1) is 23.3. The number of nitrogens with one attached hydrogen (secondary N) is 2. The average Bonchev–Trinajstić information content (AvgIpc) is 2.68. The molecule has 0 aromatic heterocycles. The van der Waals surface area contributed by atoms with Crippen LogP contribution in [0.15, 0.2) is 58.7 Å². The molecule has 1 unspecified atom stereocenters. The van der Waals surface area contributed by atoms with E-state index in [9.17, 15) is 23.9 Å². The number of rotatable bonds is 8. The van der Waals surface area contributed by atoms with Crippen molar-refractivity contribution in [3.63, 3.8) is 0 Å². The Balaban J connectivity index is 2.31. The normalized spacial score (nSPS) is 12.4. The maximum atomic E-state index is 13.2. The van der Waals surface area contributed by atoms with Crippen LogP contribution in [-0.2, 0) is 9.59 Å². The van der Waals surface area contributed by atoms with Crippen molar-refractivity contribution in [1.82, 2.24) is 10.6 Å². The van der Waals surface area contributed by atoms with Crippen LogP contribution in [0.5, 0.6) is 0 Å². The molecule has 30 heavy (non-hydrogen) atoms. The van der Waals surface area contributed by atoms with Gasteiger partial charge in [-0.2, -0.15) is 0 Å². The molecule has 0 heterocycles. The highest BCUT2D eigenvalue weighted by Gasteiger charge is 2.24. The molecule has 0 radical (unpaired) electrons. The molecule has 0 spiro atoms. The number of amides is 2. The van der Waals surface area contributed by atoms with Gasteiger partial charge in [0.25, 0.3) is 11.8 Å². The zero-order valence-electron chi connectivity index (χ0n) is 16.5. The Kier molecular flexibility index (Phi) is 8.29. The van der Waals surface area contributed by atoms with Crippen molar-refractivity contribution < 1.29 is 23.9 Å². The van der Waals surface area contributed by atoms with Gasteiger partial charge in [-0.3, -0.25) is 9.59 Å². The molecule has 0 bridgehead atoms. The lowest BCUT2D eigenvalue weighted by Crippen LogP contribution is -2.45. The quantitative estimate of drug-likeness (QED) is 0.502. The fraction of sp³-hybridized carbons (Fsp3) is 0.227. The zero-order chi connectivity index (χ0) is 22.3. The summed E-state index contributed by atoms with van der Waals surface area (Å²) in [5, 5.41) is 14.4. The lowest BCUT2D eigenvalue weighted by Gasteiger charge is -2.18. The molecule has 2 rings (SSSR count). The van der Waals surface area contributed by atoms with E-state index in [-0.39, 0.29) is 18.0 Å². The maximum absolute atomic E-state index is 13.2. The van der Waals surface area contributed by atoms with E-state index < -0.39 is 29.6 Å². The first-order valence-corrected chi connectivity index (χ1v) is 10.0. The highest BCUT2D eigenvalue weighted by Crippen LogP contribution is 2.13. The molecular formula is C22H22BrFN2O4. The number of benzene rings is 2. The molecule has 6 nitrogen and oxygen atoms in total. The number of halogens is 2. The van der Waals surface area contributed by atoms with E-state index in [1.807, 2.05) is 13.8 Å². The van der Waals surface area contributed by atoms with Gasteiger partial charge in [-0.1, -0.05) is 41.9 Å². The van der Waals surface area contributed by atoms with E-state index >= 15 is 0 Å². The summed E-state index contributed by atoms with van der Waals surface area (Å²) in [6, 6.07) is 10.7. The molecule has 1 atom stereocenters. The van der Waals surface area contributed by atoms with Gasteiger partial charge >= 0.3 is 5.97 Å². The van der Waals surface area contributed by atoms with Crippen LogP contribution in [-0.4, -0.2) is 28.9 Å². The van der Waals surface area contributed by atoms with Crippen LogP contribution in [0, 0.1) is 11.7 Å². The summed E-state index contributed by atoms with van der Waals surface area (Å²) in [5.41, 5.74) is 0.630. The van der Waals surface area contributed by atoms with Gasteiger partial charge in [0.15, 0.2) is 0 Å². The second-order valence-electron chi connectivity index (χ2n) is 7.06. The topological polar surface area (TPSA) is 95.5 Å². The van der Waals surface area contributed by atoms with Gasteiger partial charge in [0.1, 0.15) is 17.6 Å². The Morgan fingerprint density at radius 2 is 1.67 bits per heavy atom. The van der Waals surface area contributed by atoms with E-state index in [0.717, 1.165) is 4.47 Å². The molecule has 2 amide bonds. The summed E-state index contributed by atoms with van der Waals surface area (Å²) in [6.45, 7) is 3.68. The molecule has 8 heteroatoms. The standard InChI is InChI=1S/C22H22BrFN2O4/c1-13(2)11-19(22(29)30)26-21(28)18(12-14-3-9-17(24)10-4-14)25-20(27)15-5-7-16(23)8-6-15/h3-10,12-13,19H,11H2,1-2H3,(H,25,27)(H,26,28)(H,29,30)/b18-12+. The molecule has 0 aliphatic heterocycles. The summed E-state index contributed by atoms with van der Waals surface area (Å²) in [5.74, 6) is -2.87.